The van der Waals surface area contributed by atoms with E-state index in [-0.39, 0.29) is 11.7 Å². The van der Waals surface area contributed by atoms with E-state index in [1.165, 1.54) is 12.1 Å². The molecule has 0 aliphatic rings. The van der Waals surface area contributed by atoms with E-state index in [0.29, 0.717) is 17.8 Å². The van der Waals surface area contributed by atoms with Crippen LogP contribution >= 0.6 is 0 Å². The van der Waals surface area contributed by atoms with Gasteiger partial charge in [-0.25, -0.2) is 9.37 Å². The number of pyridine rings is 1. The van der Waals surface area contributed by atoms with Gasteiger partial charge in [0.2, 0.25) is 0 Å². The molecule has 0 aliphatic heterocycles. The second-order valence-electron chi connectivity index (χ2n) is 6.06. The fraction of sp³-hybridized carbons (Fsp3) is 0.143. The summed E-state index contributed by atoms with van der Waals surface area (Å²) in [5, 5.41) is 6.04. The maximum atomic E-state index is 12.9. The molecular weight excluding hydrogens is 329 g/mol. The van der Waals surface area contributed by atoms with E-state index in [9.17, 15) is 9.18 Å². The first-order valence-electron chi connectivity index (χ1n) is 8.42. The molecule has 4 nitrogen and oxygen atoms in total. The van der Waals surface area contributed by atoms with Crippen molar-refractivity contribution in [2.45, 2.75) is 13.3 Å². The fourth-order valence-corrected chi connectivity index (χ4v) is 2.47. The smallest absolute Gasteiger partial charge is 0.255 e. The van der Waals surface area contributed by atoms with E-state index in [0.717, 1.165) is 23.4 Å². The van der Waals surface area contributed by atoms with E-state index in [2.05, 4.69) is 15.6 Å². The van der Waals surface area contributed by atoms with Crippen LogP contribution in [-0.2, 0) is 6.42 Å². The lowest BCUT2D eigenvalue weighted by molar-refractivity contribution is 0.102. The molecule has 0 saturated carbocycles. The second-order valence-corrected chi connectivity index (χ2v) is 6.06. The molecule has 26 heavy (non-hydrogen) atoms. The van der Waals surface area contributed by atoms with Crippen molar-refractivity contribution in [3.8, 4) is 0 Å². The average molecular weight is 349 g/mol. The number of nitrogens with zero attached hydrogens (tertiary/aromatic N) is 1. The number of nitrogens with one attached hydrogen (secondary N) is 2. The summed E-state index contributed by atoms with van der Waals surface area (Å²) in [5.41, 5.74) is 3.41. The number of aromatic nitrogens is 1. The predicted molar refractivity (Wildman–Crippen MR) is 102 cm³/mol. The number of rotatable bonds is 6. The van der Waals surface area contributed by atoms with Gasteiger partial charge >= 0.3 is 0 Å². The van der Waals surface area contributed by atoms with Crippen molar-refractivity contribution in [1.29, 1.82) is 0 Å². The lowest BCUT2D eigenvalue weighted by Crippen LogP contribution is -2.12. The quantitative estimate of drug-likeness (QED) is 0.692. The van der Waals surface area contributed by atoms with Crippen LogP contribution < -0.4 is 10.6 Å². The molecule has 3 aromatic rings. The Morgan fingerprint density at radius 2 is 1.73 bits per heavy atom. The second kappa shape index (κ2) is 8.25. The first-order chi connectivity index (χ1) is 12.6. The number of hydrogen-bond acceptors (Lipinski definition) is 3. The zero-order valence-electron chi connectivity index (χ0n) is 14.5. The van der Waals surface area contributed by atoms with Crippen molar-refractivity contribution in [2.24, 2.45) is 0 Å². The molecule has 5 heteroatoms. The topological polar surface area (TPSA) is 54.0 Å². The van der Waals surface area contributed by atoms with Crippen LogP contribution in [0.25, 0.3) is 0 Å². The number of carbonyl (C=O) groups excluding carboxylic acids is 1. The van der Waals surface area contributed by atoms with Crippen molar-refractivity contribution in [3.05, 3.63) is 89.4 Å². The zero-order valence-corrected chi connectivity index (χ0v) is 14.5. The SMILES string of the molecule is Cc1ccc(C(=O)Nc2ccc(NCCc3ccc(F)cc3)nc2)cc1. The summed E-state index contributed by atoms with van der Waals surface area (Å²) in [6.45, 7) is 2.67. The summed E-state index contributed by atoms with van der Waals surface area (Å²) in [7, 11) is 0. The van der Waals surface area contributed by atoms with Crippen molar-refractivity contribution < 1.29 is 9.18 Å². The molecule has 1 amide bonds. The predicted octanol–water partition coefficient (Wildman–Crippen LogP) is 4.44. The van der Waals surface area contributed by atoms with Crippen molar-refractivity contribution in [2.75, 3.05) is 17.2 Å². The largest absolute Gasteiger partial charge is 0.370 e. The van der Waals surface area contributed by atoms with Crippen LogP contribution in [0, 0.1) is 12.7 Å². The number of amides is 1. The molecule has 0 aliphatic carbocycles. The third kappa shape index (κ3) is 4.89. The lowest BCUT2D eigenvalue weighted by atomic mass is 10.1. The van der Waals surface area contributed by atoms with Crippen molar-refractivity contribution in [3.63, 3.8) is 0 Å². The van der Waals surface area contributed by atoms with Gasteiger partial charge in [-0.2, -0.15) is 0 Å². The van der Waals surface area contributed by atoms with Crippen LogP contribution in [0.2, 0.25) is 0 Å². The lowest BCUT2D eigenvalue weighted by Gasteiger charge is -2.08. The summed E-state index contributed by atoms with van der Waals surface area (Å²) < 4.78 is 12.9. The Kier molecular flexibility index (Phi) is 5.59. The van der Waals surface area contributed by atoms with Crippen LogP contribution in [0.15, 0.2) is 66.9 Å². The highest BCUT2D eigenvalue weighted by Crippen LogP contribution is 2.12. The number of aryl methyl sites for hydroxylation is 1. The van der Waals surface area contributed by atoms with E-state index >= 15 is 0 Å². The van der Waals surface area contributed by atoms with Gasteiger partial charge in [-0.3, -0.25) is 4.79 Å². The minimum Gasteiger partial charge on any atom is -0.370 e. The monoisotopic (exact) mass is 349 g/mol. The fourth-order valence-electron chi connectivity index (χ4n) is 2.47. The summed E-state index contributed by atoms with van der Waals surface area (Å²) in [6, 6.07) is 17.5. The summed E-state index contributed by atoms with van der Waals surface area (Å²) >= 11 is 0. The van der Waals surface area contributed by atoms with Gasteiger partial charge in [-0.1, -0.05) is 29.8 Å². The molecular formula is C21H20FN3O. The van der Waals surface area contributed by atoms with Crippen LogP contribution in [0.4, 0.5) is 15.9 Å². The molecule has 0 spiro atoms. The highest BCUT2D eigenvalue weighted by atomic mass is 19.1. The number of hydrogen-bond donors (Lipinski definition) is 2. The molecule has 1 heterocycles. The van der Waals surface area contributed by atoms with E-state index in [1.807, 2.05) is 25.1 Å². The van der Waals surface area contributed by atoms with Crippen LogP contribution in [-0.4, -0.2) is 17.4 Å². The summed E-state index contributed by atoms with van der Waals surface area (Å²) in [4.78, 5) is 16.5. The highest BCUT2D eigenvalue weighted by molar-refractivity contribution is 6.04. The average Bonchev–Trinajstić information content (AvgIpc) is 2.65. The van der Waals surface area contributed by atoms with Crippen LogP contribution in [0.1, 0.15) is 21.5 Å². The van der Waals surface area contributed by atoms with Crippen LogP contribution in [0.5, 0.6) is 0 Å². The Balaban J connectivity index is 1.50. The van der Waals surface area contributed by atoms with Crippen molar-refractivity contribution in [1.82, 2.24) is 4.98 Å². The number of halogens is 1. The van der Waals surface area contributed by atoms with E-state index in [1.54, 1.807) is 36.5 Å². The molecule has 0 fully saturated rings. The standard InChI is InChI=1S/C21H20FN3O/c1-15-2-6-17(7-3-15)21(26)25-19-10-11-20(24-14-19)23-13-12-16-4-8-18(22)9-5-16/h2-11,14H,12-13H2,1H3,(H,23,24)(H,25,26). The maximum absolute atomic E-state index is 12.9. The first-order valence-corrected chi connectivity index (χ1v) is 8.42. The third-order valence-corrected chi connectivity index (χ3v) is 3.97. The normalized spacial score (nSPS) is 10.4. The first kappa shape index (κ1) is 17.6. The van der Waals surface area contributed by atoms with Gasteiger partial charge in [0, 0.05) is 12.1 Å². The Bertz CT molecular complexity index is 859. The molecule has 0 saturated heterocycles. The minimum atomic E-state index is -0.230. The van der Waals surface area contributed by atoms with E-state index in [4.69, 9.17) is 0 Å². The van der Waals surface area contributed by atoms with Gasteiger partial charge in [0.15, 0.2) is 0 Å². The maximum Gasteiger partial charge on any atom is 0.255 e. The molecule has 0 unspecified atom stereocenters. The minimum absolute atomic E-state index is 0.163. The Morgan fingerprint density at radius 1 is 1.00 bits per heavy atom. The number of carbonyl (C=O) groups is 1. The summed E-state index contributed by atoms with van der Waals surface area (Å²) in [6.07, 6.45) is 2.39. The third-order valence-electron chi connectivity index (χ3n) is 3.97. The molecule has 0 bridgehead atoms. The highest BCUT2D eigenvalue weighted by Gasteiger charge is 2.06. The summed E-state index contributed by atoms with van der Waals surface area (Å²) in [5.74, 6) is 0.330. The molecule has 132 valence electrons. The molecule has 2 N–H and O–H groups in total. The number of benzene rings is 2. The molecule has 2 aromatic carbocycles. The Labute approximate surface area is 152 Å². The molecule has 0 atom stereocenters. The Morgan fingerprint density at radius 3 is 2.38 bits per heavy atom. The zero-order chi connectivity index (χ0) is 18.4. The van der Waals surface area contributed by atoms with E-state index < -0.39 is 0 Å². The van der Waals surface area contributed by atoms with Gasteiger partial charge in [0.05, 0.1) is 11.9 Å². The molecule has 0 radical (unpaired) electrons. The number of anilines is 2. The van der Waals surface area contributed by atoms with Gasteiger partial charge in [-0.15, -0.1) is 0 Å². The van der Waals surface area contributed by atoms with Crippen molar-refractivity contribution >= 4 is 17.4 Å². The molecule has 3 rings (SSSR count). The van der Waals surface area contributed by atoms with Gasteiger partial charge in [0.1, 0.15) is 11.6 Å². The Hall–Kier alpha value is -3.21. The van der Waals surface area contributed by atoms with Gasteiger partial charge < -0.3 is 10.6 Å². The van der Waals surface area contributed by atoms with Gasteiger partial charge in [0.25, 0.3) is 5.91 Å². The van der Waals surface area contributed by atoms with Gasteiger partial charge in [-0.05, 0) is 55.3 Å². The van der Waals surface area contributed by atoms with Crippen LogP contribution in [0.3, 0.4) is 0 Å². The molecule has 1 aromatic heterocycles.